The van der Waals surface area contributed by atoms with Crippen LogP contribution in [0.25, 0.3) is 17.0 Å². The molecule has 0 saturated carbocycles. The lowest BCUT2D eigenvalue weighted by Gasteiger charge is -2.22. The molecule has 0 bridgehead atoms. The summed E-state index contributed by atoms with van der Waals surface area (Å²) in [5.74, 6) is -2.71. The Morgan fingerprint density at radius 1 is 1.36 bits per heavy atom. The molecule has 1 unspecified atom stereocenters. The van der Waals surface area contributed by atoms with Crippen LogP contribution in [0, 0.1) is 0 Å². The third kappa shape index (κ3) is 4.68. The van der Waals surface area contributed by atoms with Gasteiger partial charge in [0.15, 0.2) is 0 Å². The molecule has 146 valence electrons. The van der Waals surface area contributed by atoms with E-state index in [2.05, 4.69) is 37.9 Å². The van der Waals surface area contributed by atoms with E-state index in [4.69, 9.17) is 4.52 Å². The van der Waals surface area contributed by atoms with E-state index >= 15 is 0 Å². The number of aromatic nitrogens is 2. The predicted molar refractivity (Wildman–Crippen MR) is 103 cm³/mol. The van der Waals surface area contributed by atoms with Crippen molar-refractivity contribution < 1.29 is 13.3 Å². The first-order chi connectivity index (χ1) is 13.3. The second kappa shape index (κ2) is 8.13. The molecule has 0 aliphatic carbocycles. The highest BCUT2D eigenvalue weighted by Crippen LogP contribution is 2.24. The highest BCUT2D eigenvalue weighted by atomic mass is 19.3. The van der Waals surface area contributed by atoms with Gasteiger partial charge >= 0.3 is 0 Å². The zero-order valence-corrected chi connectivity index (χ0v) is 15.4. The van der Waals surface area contributed by atoms with E-state index in [-0.39, 0.29) is 11.5 Å². The molecule has 0 aromatic carbocycles. The van der Waals surface area contributed by atoms with Crippen molar-refractivity contribution >= 4 is 11.8 Å². The van der Waals surface area contributed by atoms with E-state index in [9.17, 15) is 8.78 Å². The van der Waals surface area contributed by atoms with Crippen LogP contribution in [-0.2, 0) is 0 Å². The fraction of sp³-hybridized carbons (Fsp3) is 0.211. The molecule has 0 radical (unpaired) electrons. The van der Waals surface area contributed by atoms with Gasteiger partial charge in [-0.3, -0.25) is 0 Å². The average Bonchev–Trinajstić information content (AvgIpc) is 3.33. The van der Waals surface area contributed by atoms with Crippen molar-refractivity contribution in [1.82, 2.24) is 26.3 Å². The summed E-state index contributed by atoms with van der Waals surface area (Å²) >= 11 is 0. The summed E-state index contributed by atoms with van der Waals surface area (Å²) in [5.41, 5.74) is 8.27. The van der Waals surface area contributed by atoms with Gasteiger partial charge in [-0.25, -0.2) is 24.2 Å². The molecule has 3 rings (SSSR count). The summed E-state index contributed by atoms with van der Waals surface area (Å²) in [4.78, 5) is 8.67. The molecule has 7 nitrogen and oxygen atoms in total. The van der Waals surface area contributed by atoms with Gasteiger partial charge in [-0.1, -0.05) is 17.8 Å². The third-order valence-corrected chi connectivity index (χ3v) is 3.97. The SMILES string of the molecule is C=C(/N=C\C=C(/C)c1cccc(-c2ccon2)n1)NC1=CNNC1C(C)(F)F. The Balaban J connectivity index is 1.64. The summed E-state index contributed by atoms with van der Waals surface area (Å²) in [6.45, 7) is 6.46. The number of nitrogens with zero attached hydrogens (tertiary/aromatic N) is 3. The van der Waals surface area contributed by atoms with Gasteiger partial charge in [0.05, 0.1) is 17.1 Å². The van der Waals surface area contributed by atoms with Crippen molar-refractivity contribution in [3.63, 3.8) is 0 Å². The Labute approximate surface area is 160 Å². The fourth-order valence-electron chi connectivity index (χ4n) is 2.54. The summed E-state index contributed by atoms with van der Waals surface area (Å²) in [7, 11) is 0. The van der Waals surface area contributed by atoms with Crippen LogP contribution in [0.3, 0.4) is 0 Å². The van der Waals surface area contributed by atoms with E-state index in [1.807, 2.05) is 25.1 Å². The molecule has 0 saturated heterocycles. The monoisotopic (exact) mass is 386 g/mol. The van der Waals surface area contributed by atoms with Crippen molar-refractivity contribution in [2.24, 2.45) is 4.99 Å². The van der Waals surface area contributed by atoms with Crippen molar-refractivity contribution in [1.29, 1.82) is 0 Å². The average molecular weight is 386 g/mol. The van der Waals surface area contributed by atoms with Crippen LogP contribution >= 0.6 is 0 Å². The highest BCUT2D eigenvalue weighted by molar-refractivity contribution is 5.83. The van der Waals surface area contributed by atoms with E-state index in [1.54, 1.807) is 12.1 Å². The van der Waals surface area contributed by atoms with Crippen LogP contribution in [0.1, 0.15) is 19.5 Å². The second-order valence-corrected chi connectivity index (χ2v) is 6.27. The molecule has 0 amide bonds. The zero-order valence-electron chi connectivity index (χ0n) is 15.4. The number of aliphatic imine (C=N–C) groups is 1. The Hall–Kier alpha value is -3.33. The maximum Gasteiger partial charge on any atom is 0.267 e. The highest BCUT2D eigenvalue weighted by Gasteiger charge is 2.39. The minimum absolute atomic E-state index is 0.236. The van der Waals surface area contributed by atoms with Crippen molar-refractivity contribution in [2.45, 2.75) is 25.8 Å². The Bertz CT molecular complexity index is 928. The van der Waals surface area contributed by atoms with E-state index < -0.39 is 12.0 Å². The third-order valence-electron chi connectivity index (χ3n) is 3.97. The van der Waals surface area contributed by atoms with Gasteiger partial charge in [0.25, 0.3) is 5.92 Å². The molecule has 0 spiro atoms. The lowest BCUT2D eigenvalue weighted by molar-refractivity contribution is -0.00646. The number of pyridine rings is 1. The van der Waals surface area contributed by atoms with Gasteiger partial charge in [0.1, 0.15) is 23.8 Å². The van der Waals surface area contributed by atoms with E-state index in [0.717, 1.165) is 18.2 Å². The molecule has 1 atom stereocenters. The molecule has 0 fully saturated rings. The number of alkyl halides is 2. The number of hydrazine groups is 1. The van der Waals surface area contributed by atoms with Crippen LogP contribution in [0.2, 0.25) is 0 Å². The molecule has 3 N–H and O–H groups in total. The van der Waals surface area contributed by atoms with Gasteiger partial charge in [0, 0.05) is 25.4 Å². The molecule has 2 aromatic heterocycles. The standard InChI is InChI=1S/C19H20F2N6O/c1-12(14-5-4-6-15(25-14)16-8-10-28-27-16)7-9-22-13(2)24-17-11-23-26-18(17)19(3,20)21/h4-11,18,23-24,26H,2H2,1,3H3/b12-7+,22-9-. The number of hydrogen-bond acceptors (Lipinski definition) is 7. The molecule has 1 aliphatic heterocycles. The largest absolute Gasteiger partial charge is 0.364 e. The van der Waals surface area contributed by atoms with Crippen LogP contribution < -0.4 is 16.2 Å². The maximum atomic E-state index is 13.5. The van der Waals surface area contributed by atoms with Crippen LogP contribution in [0.4, 0.5) is 8.78 Å². The second-order valence-electron chi connectivity index (χ2n) is 6.27. The number of nitrogens with one attached hydrogen (secondary N) is 3. The minimum atomic E-state index is -2.94. The van der Waals surface area contributed by atoms with Gasteiger partial charge < -0.3 is 15.3 Å². The summed E-state index contributed by atoms with van der Waals surface area (Å²) in [6, 6.07) is 6.13. The molecule has 28 heavy (non-hydrogen) atoms. The first-order valence-electron chi connectivity index (χ1n) is 8.48. The quantitative estimate of drug-likeness (QED) is 0.634. The lowest BCUT2D eigenvalue weighted by atomic mass is 10.1. The zero-order chi connectivity index (χ0) is 20.1. The molecule has 9 heteroatoms. The Kier molecular flexibility index (Phi) is 5.65. The van der Waals surface area contributed by atoms with Crippen LogP contribution in [-0.4, -0.2) is 28.3 Å². The van der Waals surface area contributed by atoms with Gasteiger partial charge in [-0.2, -0.15) is 0 Å². The van der Waals surface area contributed by atoms with Crippen molar-refractivity contribution in [2.75, 3.05) is 0 Å². The van der Waals surface area contributed by atoms with Crippen molar-refractivity contribution in [3.8, 4) is 11.4 Å². The first kappa shape index (κ1) is 19.4. The Morgan fingerprint density at radius 2 is 2.18 bits per heavy atom. The summed E-state index contributed by atoms with van der Waals surface area (Å²) < 4.78 is 31.9. The first-order valence-corrected chi connectivity index (χ1v) is 8.48. The maximum absolute atomic E-state index is 13.5. The number of allylic oxidation sites excluding steroid dienone is 2. The van der Waals surface area contributed by atoms with E-state index in [0.29, 0.717) is 11.4 Å². The van der Waals surface area contributed by atoms with Gasteiger partial charge in [-0.05, 0) is 30.7 Å². The number of hydrogen-bond donors (Lipinski definition) is 3. The fourth-order valence-corrected chi connectivity index (χ4v) is 2.54. The van der Waals surface area contributed by atoms with Crippen LogP contribution in [0.15, 0.2) is 70.4 Å². The number of rotatable bonds is 7. The van der Waals surface area contributed by atoms with Crippen molar-refractivity contribution in [3.05, 3.63) is 66.6 Å². The van der Waals surface area contributed by atoms with Crippen LogP contribution in [0.5, 0.6) is 0 Å². The molecule has 3 heterocycles. The topological polar surface area (TPSA) is 87.4 Å². The predicted octanol–water partition coefficient (Wildman–Crippen LogP) is 3.24. The Morgan fingerprint density at radius 3 is 2.89 bits per heavy atom. The van der Waals surface area contributed by atoms with E-state index in [1.165, 1.54) is 18.7 Å². The minimum Gasteiger partial charge on any atom is -0.364 e. The number of halogens is 2. The summed E-state index contributed by atoms with van der Waals surface area (Å²) in [5, 5.41) is 6.65. The molecular weight excluding hydrogens is 366 g/mol. The lowest BCUT2D eigenvalue weighted by Crippen LogP contribution is -2.46. The van der Waals surface area contributed by atoms with Gasteiger partial charge in [-0.15, -0.1) is 0 Å². The molecule has 2 aromatic rings. The van der Waals surface area contributed by atoms with Gasteiger partial charge in [0.2, 0.25) is 0 Å². The molecule has 1 aliphatic rings. The molecular formula is C19H20F2N6O. The smallest absolute Gasteiger partial charge is 0.267 e. The summed E-state index contributed by atoms with van der Waals surface area (Å²) in [6.07, 6.45) is 6.20. The normalized spacial score (nSPS) is 17.5.